The molecule has 3 heteroatoms. The number of benzene rings is 1. The van der Waals surface area contributed by atoms with Crippen LogP contribution in [-0.4, -0.2) is 32.6 Å². The van der Waals surface area contributed by atoms with E-state index in [-0.39, 0.29) is 0 Å². The first-order chi connectivity index (χ1) is 10.3. The monoisotopic (exact) mass is 305 g/mol. The zero-order valence-corrected chi connectivity index (χ0v) is 13.9. The Morgan fingerprint density at radius 1 is 1.29 bits per heavy atom. The molecule has 116 valence electrons. The first-order valence-electron chi connectivity index (χ1n) is 8.24. The fourth-order valence-electron chi connectivity index (χ4n) is 4.03. The zero-order chi connectivity index (χ0) is 14.5. The minimum Gasteiger partial charge on any atom is -0.383 e. The Morgan fingerprint density at radius 2 is 2.10 bits per heavy atom. The second-order valence-corrected chi connectivity index (χ2v) is 7.69. The van der Waals surface area contributed by atoms with E-state index in [0.29, 0.717) is 5.41 Å². The van der Waals surface area contributed by atoms with Crippen molar-refractivity contribution >= 4 is 11.8 Å². The van der Waals surface area contributed by atoms with E-state index in [9.17, 15) is 0 Å². The summed E-state index contributed by atoms with van der Waals surface area (Å²) in [5.41, 5.74) is 2.13. The Morgan fingerprint density at radius 3 is 2.90 bits per heavy atom. The summed E-state index contributed by atoms with van der Waals surface area (Å²) in [6.07, 6.45) is 6.98. The van der Waals surface area contributed by atoms with Gasteiger partial charge in [0.05, 0.1) is 6.61 Å². The van der Waals surface area contributed by atoms with Crippen molar-refractivity contribution in [2.75, 3.05) is 32.6 Å². The molecule has 1 fully saturated rings. The van der Waals surface area contributed by atoms with E-state index in [1.54, 1.807) is 12.7 Å². The van der Waals surface area contributed by atoms with Crippen molar-refractivity contribution in [3.8, 4) is 0 Å². The molecule has 1 aliphatic heterocycles. The molecular formula is C18H27NOS. The van der Waals surface area contributed by atoms with E-state index >= 15 is 0 Å². The van der Waals surface area contributed by atoms with E-state index in [0.717, 1.165) is 19.1 Å². The number of fused-ring (bicyclic) bond motifs is 1. The summed E-state index contributed by atoms with van der Waals surface area (Å²) in [5.74, 6) is 2.03. The van der Waals surface area contributed by atoms with Gasteiger partial charge in [0.1, 0.15) is 0 Å². The summed E-state index contributed by atoms with van der Waals surface area (Å²) in [6.45, 7) is 2.96. The number of thioether (sulfide) groups is 1. The molecule has 1 aliphatic carbocycles. The molecule has 0 aromatic heterocycles. The molecule has 21 heavy (non-hydrogen) atoms. The Balaban J connectivity index is 1.63. The van der Waals surface area contributed by atoms with Gasteiger partial charge in [0.2, 0.25) is 0 Å². The zero-order valence-electron chi connectivity index (χ0n) is 13.1. The van der Waals surface area contributed by atoms with E-state index in [4.69, 9.17) is 4.74 Å². The molecule has 2 aliphatic rings. The van der Waals surface area contributed by atoms with Gasteiger partial charge < -0.3 is 10.1 Å². The van der Waals surface area contributed by atoms with Crippen molar-refractivity contribution in [1.29, 1.82) is 0 Å². The van der Waals surface area contributed by atoms with Gasteiger partial charge in [-0.25, -0.2) is 0 Å². The Labute approximate surface area is 133 Å². The van der Waals surface area contributed by atoms with Crippen LogP contribution in [0.4, 0.5) is 0 Å². The van der Waals surface area contributed by atoms with Crippen molar-refractivity contribution in [2.45, 2.75) is 42.9 Å². The third kappa shape index (κ3) is 3.64. The SMILES string of the molecule is COCCNCC1(CC2CSc3ccccc32)CCCC1. The van der Waals surface area contributed by atoms with Gasteiger partial charge in [-0.3, -0.25) is 0 Å². The average Bonchev–Trinajstić information content (AvgIpc) is 3.13. The van der Waals surface area contributed by atoms with Crippen LogP contribution in [0.5, 0.6) is 0 Å². The van der Waals surface area contributed by atoms with Gasteiger partial charge in [-0.05, 0) is 42.2 Å². The minimum atomic E-state index is 0.524. The third-order valence-corrected chi connectivity index (χ3v) is 6.38. The standard InChI is InChI=1S/C18H27NOS/c1-20-11-10-19-14-18(8-4-5-9-18)12-15-13-21-17-7-3-2-6-16(15)17/h2-3,6-7,15,19H,4-5,8-14H2,1H3. The smallest absolute Gasteiger partial charge is 0.0587 e. The lowest BCUT2D eigenvalue weighted by atomic mass is 9.76. The second kappa shape index (κ2) is 7.17. The van der Waals surface area contributed by atoms with Crippen molar-refractivity contribution in [2.24, 2.45) is 5.41 Å². The number of hydrogen-bond donors (Lipinski definition) is 1. The molecule has 1 unspecified atom stereocenters. The molecule has 1 N–H and O–H groups in total. The summed E-state index contributed by atoms with van der Waals surface area (Å²) in [7, 11) is 1.78. The quantitative estimate of drug-likeness (QED) is 0.768. The maximum atomic E-state index is 5.15. The van der Waals surface area contributed by atoms with Crippen LogP contribution in [0.25, 0.3) is 0 Å². The van der Waals surface area contributed by atoms with Crippen LogP contribution in [0.1, 0.15) is 43.6 Å². The van der Waals surface area contributed by atoms with Crippen LogP contribution in [0.15, 0.2) is 29.2 Å². The lowest BCUT2D eigenvalue weighted by Crippen LogP contribution is -2.35. The molecule has 1 aromatic carbocycles. The van der Waals surface area contributed by atoms with Crippen LogP contribution >= 0.6 is 11.8 Å². The Bertz CT molecular complexity index is 456. The summed E-state index contributed by atoms with van der Waals surface area (Å²) in [5, 5.41) is 3.64. The number of nitrogens with one attached hydrogen (secondary N) is 1. The van der Waals surface area contributed by atoms with Gasteiger partial charge in [0.15, 0.2) is 0 Å². The topological polar surface area (TPSA) is 21.3 Å². The number of ether oxygens (including phenoxy) is 1. The van der Waals surface area contributed by atoms with Crippen LogP contribution in [0, 0.1) is 5.41 Å². The summed E-state index contributed by atoms with van der Waals surface area (Å²) in [4.78, 5) is 1.52. The highest BCUT2D eigenvalue weighted by Crippen LogP contribution is 2.49. The van der Waals surface area contributed by atoms with Crippen LogP contribution in [0.2, 0.25) is 0 Å². The molecule has 3 rings (SSSR count). The minimum absolute atomic E-state index is 0.524. The summed E-state index contributed by atoms with van der Waals surface area (Å²) in [6, 6.07) is 9.01. The number of hydrogen-bond acceptors (Lipinski definition) is 3. The van der Waals surface area contributed by atoms with Gasteiger partial charge in [0.25, 0.3) is 0 Å². The highest BCUT2D eigenvalue weighted by Gasteiger charge is 2.37. The molecule has 0 bridgehead atoms. The normalized spacial score (nSPS) is 23.4. The molecule has 0 spiro atoms. The van der Waals surface area contributed by atoms with Crippen LogP contribution in [0.3, 0.4) is 0 Å². The van der Waals surface area contributed by atoms with E-state index < -0.39 is 0 Å². The molecule has 1 atom stereocenters. The number of methoxy groups -OCH3 is 1. The van der Waals surface area contributed by atoms with Gasteiger partial charge in [-0.1, -0.05) is 31.0 Å². The maximum Gasteiger partial charge on any atom is 0.0587 e. The van der Waals surface area contributed by atoms with Crippen LogP contribution < -0.4 is 5.32 Å². The summed E-state index contributed by atoms with van der Waals surface area (Å²) < 4.78 is 5.15. The Hall–Kier alpha value is -0.510. The van der Waals surface area contributed by atoms with Crippen molar-refractivity contribution in [3.05, 3.63) is 29.8 Å². The summed E-state index contributed by atoms with van der Waals surface area (Å²) >= 11 is 2.05. The third-order valence-electron chi connectivity index (χ3n) is 5.13. The molecule has 0 saturated heterocycles. The molecule has 1 aromatic rings. The van der Waals surface area contributed by atoms with Crippen molar-refractivity contribution < 1.29 is 4.74 Å². The Kier molecular flexibility index (Phi) is 5.25. The molecule has 2 nitrogen and oxygen atoms in total. The molecule has 0 amide bonds. The lowest BCUT2D eigenvalue weighted by Gasteiger charge is -2.32. The molecular weight excluding hydrogens is 278 g/mol. The largest absolute Gasteiger partial charge is 0.383 e. The van der Waals surface area contributed by atoms with Gasteiger partial charge >= 0.3 is 0 Å². The van der Waals surface area contributed by atoms with Gasteiger partial charge in [-0.2, -0.15) is 0 Å². The fourth-order valence-corrected chi connectivity index (χ4v) is 5.28. The maximum absolute atomic E-state index is 5.15. The number of rotatable bonds is 7. The molecule has 0 radical (unpaired) electrons. The molecule has 1 heterocycles. The van der Waals surface area contributed by atoms with E-state index in [1.165, 1.54) is 49.3 Å². The lowest BCUT2D eigenvalue weighted by molar-refractivity contribution is 0.185. The highest BCUT2D eigenvalue weighted by atomic mass is 32.2. The predicted octanol–water partition coefficient (Wildman–Crippen LogP) is 4.06. The fraction of sp³-hybridized carbons (Fsp3) is 0.667. The first kappa shape index (κ1) is 15.4. The van der Waals surface area contributed by atoms with Crippen molar-refractivity contribution in [3.63, 3.8) is 0 Å². The second-order valence-electron chi connectivity index (χ2n) is 6.63. The van der Waals surface area contributed by atoms with E-state index in [1.807, 2.05) is 11.8 Å². The van der Waals surface area contributed by atoms with Crippen LogP contribution in [-0.2, 0) is 4.74 Å². The van der Waals surface area contributed by atoms with E-state index in [2.05, 4.69) is 29.6 Å². The van der Waals surface area contributed by atoms with Gasteiger partial charge in [-0.15, -0.1) is 11.8 Å². The average molecular weight is 305 g/mol. The van der Waals surface area contributed by atoms with Gasteiger partial charge in [0, 0.05) is 30.8 Å². The molecule has 1 saturated carbocycles. The highest BCUT2D eigenvalue weighted by molar-refractivity contribution is 7.99. The van der Waals surface area contributed by atoms with Crippen molar-refractivity contribution in [1.82, 2.24) is 5.32 Å². The predicted molar refractivity (Wildman–Crippen MR) is 90.2 cm³/mol. The first-order valence-corrected chi connectivity index (χ1v) is 9.23.